The Morgan fingerprint density at radius 1 is 0.520 bits per heavy atom. The number of hydrogen-bond donors (Lipinski definition) is 0. The summed E-state index contributed by atoms with van der Waals surface area (Å²) in [6, 6.07) is 44.7. The second kappa shape index (κ2) is 10.5. The van der Waals surface area contributed by atoms with Gasteiger partial charge in [-0.15, -0.1) is 0 Å². The molecule has 4 heteroatoms. The quantitative estimate of drug-likeness (QED) is 0.180. The molecule has 11 rings (SSSR count). The first-order chi connectivity index (χ1) is 24.8. The Kier molecular flexibility index (Phi) is 5.75. The van der Waals surface area contributed by atoms with Crippen molar-refractivity contribution >= 4 is 71.6 Å². The van der Waals surface area contributed by atoms with E-state index in [2.05, 4.69) is 127 Å². The molecule has 0 amide bonds. The van der Waals surface area contributed by atoms with Crippen LogP contribution in [0.5, 0.6) is 0 Å². The molecule has 1 aliphatic rings. The van der Waals surface area contributed by atoms with Gasteiger partial charge in [0.1, 0.15) is 22.5 Å². The number of para-hydroxylation sites is 1. The van der Waals surface area contributed by atoms with E-state index in [1.807, 2.05) is 18.3 Å². The van der Waals surface area contributed by atoms with Gasteiger partial charge in [-0.3, -0.25) is 4.98 Å². The molecule has 0 unspecified atom stereocenters. The summed E-state index contributed by atoms with van der Waals surface area (Å²) in [7, 11) is 0. The van der Waals surface area contributed by atoms with Crippen molar-refractivity contribution in [1.29, 1.82) is 0 Å². The van der Waals surface area contributed by atoms with Crippen LogP contribution in [0.2, 0.25) is 0 Å². The van der Waals surface area contributed by atoms with Gasteiger partial charge < -0.3 is 8.83 Å². The van der Waals surface area contributed by atoms with Crippen LogP contribution in [0.3, 0.4) is 0 Å². The highest BCUT2D eigenvalue weighted by atomic mass is 16.3. The molecule has 0 N–H and O–H groups in total. The third-order valence-corrected chi connectivity index (χ3v) is 10.4. The molecule has 10 aromatic rings. The number of nitrogens with zero attached hydrogens (tertiary/aromatic N) is 2. The monoisotopic (exact) mass is 640 g/mol. The molecule has 3 aromatic heterocycles. The first-order valence-electron chi connectivity index (χ1n) is 17.1. The van der Waals surface area contributed by atoms with E-state index in [0.29, 0.717) is 0 Å². The molecule has 7 aromatic carbocycles. The highest BCUT2D eigenvalue weighted by molar-refractivity contribution is 6.23. The van der Waals surface area contributed by atoms with Gasteiger partial charge in [-0.05, 0) is 58.5 Å². The van der Waals surface area contributed by atoms with E-state index >= 15 is 0 Å². The van der Waals surface area contributed by atoms with Crippen molar-refractivity contribution in [3.63, 3.8) is 0 Å². The van der Waals surface area contributed by atoms with Crippen molar-refractivity contribution in [2.24, 2.45) is 0 Å². The molecule has 3 heterocycles. The van der Waals surface area contributed by atoms with E-state index in [9.17, 15) is 0 Å². The standard InChI is InChI=1S/C46H28N2O2/c1-5-17-31(38-26-47-44-34-20-7-3-15-29(34)30-16-4-8-21-35(30)45(44)48-38)27(13-1)28-14-2-6-19-33(28)43-42-36-22-10-12-24-40(36)49-41(42)25-37-32-18-9-11-23-39(32)50-46(37)43/h1-9,11-21,23-26H,10,22H2. The number of hydrogen-bond acceptors (Lipinski definition) is 4. The molecule has 234 valence electrons. The summed E-state index contributed by atoms with van der Waals surface area (Å²) in [6.07, 6.45) is 8.15. The zero-order valence-corrected chi connectivity index (χ0v) is 27.0. The summed E-state index contributed by atoms with van der Waals surface area (Å²) in [5.74, 6) is 0.938. The van der Waals surface area contributed by atoms with E-state index in [4.69, 9.17) is 18.8 Å². The number of allylic oxidation sites excluding steroid dienone is 1. The van der Waals surface area contributed by atoms with Gasteiger partial charge in [-0.2, -0.15) is 0 Å². The summed E-state index contributed by atoms with van der Waals surface area (Å²) in [4.78, 5) is 10.5. The Balaban J connectivity index is 1.20. The number of furan rings is 2. The summed E-state index contributed by atoms with van der Waals surface area (Å²) < 4.78 is 13.3. The molecule has 0 aliphatic heterocycles. The fourth-order valence-corrected chi connectivity index (χ4v) is 8.21. The normalized spacial score (nSPS) is 13.0. The van der Waals surface area contributed by atoms with Crippen LogP contribution in [0.25, 0.3) is 105 Å². The van der Waals surface area contributed by atoms with E-state index in [1.54, 1.807) is 0 Å². The van der Waals surface area contributed by atoms with Crippen molar-refractivity contribution in [3.8, 4) is 33.5 Å². The Morgan fingerprint density at radius 3 is 1.92 bits per heavy atom. The summed E-state index contributed by atoms with van der Waals surface area (Å²) >= 11 is 0. The number of aryl methyl sites for hydroxylation is 1. The molecule has 1 aliphatic carbocycles. The van der Waals surface area contributed by atoms with Gasteiger partial charge in [0.25, 0.3) is 0 Å². The SMILES string of the molecule is C1=Cc2oc3cc4c(oc5ccccc54)c(-c4ccccc4-c4ccccc4-c4cnc5c6ccccc6c6ccccc6c5n4)c3c2CC1. The molecule has 4 nitrogen and oxygen atoms in total. The van der Waals surface area contributed by atoms with Crippen molar-refractivity contribution < 1.29 is 8.83 Å². The van der Waals surface area contributed by atoms with Gasteiger partial charge in [0, 0.05) is 43.6 Å². The van der Waals surface area contributed by atoms with E-state index in [0.717, 1.165) is 107 Å². The number of fused-ring (bicyclic) bond motifs is 12. The minimum Gasteiger partial charge on any atom is -0.456 e. The lowest BCUT2D eigenvalue weighted by Gasteiger charge is -2.16. The smallest absolute Gasteiger partial charge is 0.144 e. The Morgan fingerprint density at radius 2 is 1.14 bits per heavy atom. The first-order valence-corrected chi connectivity index (χ1v) is 17.1. The molecule has 0 fully saturated rings. The van der Waals surface area contributed by atoms with Crippen molar-refractivity contribution in [2.45, 2.75) is 12.8 Å². The maximum atomic E-state index is 6.75. The minimum absolute atomic E-state index is 0.834. The summed E-state index contributed by atoms with van der Waals surface area (Å²) in [5, 5.41) is 7.85. The van der Waals surface area contributed by atoms with Crippen LogP contribution in [-0.4, -0.2) is 9.97 Å². The van der Waals surface area contributed by atoms with Gasteiger partial charge in [0.15, 0.2) is 0 Å². The van der Waals surface area contributed by atoms with Crippen LogP contribution in [0.1, 0.15) is 17.7 Å². The molecule has 0 atom stereocenters. The molecule has 50 heavy (non-hydrogen) atoms. The molecule has 0 saturated carbocycles. The van der Waals surface area contributed by atoms with Gasteiger partial charge >= 0.3 is 0 Å². The zero-order chi connectivity index (χ0) is 32.8. The third kappa shape index (κ3) is 3.87. The predicted octanol–water partition coefficient (Wildman–Crippen LogP) is 12.5. The number of benzene rings is 7. The lowest BCUT2D eigenvalue weighted by Crippen LogP contribution is -1.95. The van der Waals surface area contributed by atoms with Crippen LogP contribution < -0.4 is 0 Å². The molecular weight excluding hydrogens is 613 g/mol. The highest BCUT2D eigenvalue weighted by Crippen LogP contribution is 2.48. The number of aromatic nitrogens is 2. The van der Waals surface area contributed by atoms with Crippen LogP contribution in [0.15, 0.2) is 149 Å². The average Bonchev–Trinajstić information content (AvgIpc) is 3.75. The second-order valence-electron chi connectivity index (χ2n) is 13.1. The fraction of sp³-hybridized carbons (Fsp3) is 0.0435. The minimum atomic E-state index is 0.834. The molecule has 0 saturated heterocycles. The van der Waals surface area contributed by atoms with Crippen molar-refractivity contribution in [1.82, 2.24) is 9.97 Å². The summed E-state index contributed by atoms with van der Waals surface area (Å²) in [6.45, 7) is 0. The average molecular weight is 641 g/mol. The van der Waals surface area contributed by atoms with Crippen molar-refractivity contribution in [2.75, 3.05) is 0 Å². The Hall–Kier alpha value is -6.52. The van der Waals surface area contributed by atoms with Crippen LogP contribution in [-0.2, 0) is 6.42 Å². The van der Waals surface area contributed by atoms with E-state index in [1.165, 1.54) is 16.3 Å². The Bertz CT molecular complexity index is 3020. The van der Waals surface area contributed by atoms with E-state index < -0.39 is 0 Å². The largest absolute Gasteiger partial charge is 0.456 e. The fourth-order valence-electron chi connectivity index (χ4n) is 8.21. The maximum Gasteiger partial charge on any atom is 0.144 e. The predicted molar refractivity (Wildman–Crippen MR) is 205 cm³/mol. The van der Waals surface area contributed by atoms with E-state index in [-0.39, 0.29) is 0 Å². The topological polar surface area (TPSA) is 52.1 Å². The first kappa shape index (κ1) is 27.4. The number of rotatable bonds is 3. The lowest BCUT2D eigenvalue weighted by molar-refractivity contribution is 0.595. The molecule has 0 radical (unpaired) electrons. The van der Waals surface area contributed by atoms with Crippen LogP contribution in [0.4, 0.5) is 0 Å². The van der Waals surface area contributed by atoms with Gasteiger partial charge in [0.2, 0.25) is 0 Å². The Labute approximate surface area is 286 Å². The van der Waals surface area contributed by atoms with Gasteiger partial charge in [0.05, 0.1) is 22.9 Å². The van der Waals surface area contributed by atoms with Crippen LogP contribution >= 0.6 is 0 Å². The highest BCUT2D eigenvalue weighted by Gasteiger charge is 2.26. The summed E-state index contributed by atoms with van der Waals surface area (Å²) in [5.41, 5.74) is 11.9. The third-order valence-electron chi connectivity index (χ3n) is 10.4. The second-order valence-corrected chi connectivity index (χ2v) is 13.1. The van der Waals surface area contributed by atoms with Gasteiger partial charge in [-0.25, -0.2) is 4.98 Å². The van der Waals surface area contributed by atoms with Gasteiger partial charge in [-0.1, -0.05) is 121 Å². The van der Waals surface area contributed by atoms with Crippen molar-refractivity contribution in [3.05, 3.63) is 151 Å². The molecule has 0 bridgehead atoms. The lowest BCUT2D eigenvalue weighted by atomic mass is 9.87. The van der Waals surface area contributed by atoms with Crippen LogP contribution in [0, 0.1) is 0 Å². The molecular formula is C46H28N2O2. The molecule has 0 spiro atoms. The maximum absolute atomic E-state index is 6.75. The zero-order valence-electron chi connectivity index (χ0n) is 27.0.